The van der Waals surface area contributed by atoms with E-state index in [2.05, 4.69) is 20.1 Å². The minimum atomic E-state index is 0.973. The number of hydrogen-bond donors (Lipinski definition) is 1. The average molecular weight is 163 g/mol. The Morgan fingerprint density at radius 2 is 2.00 bits per heavy atom. The fraction of sp³-hybridized carbons (Fsp3) is 0.364. The van der Waals surface area contributed by atoms with E-state index in [0.717, 1.165) is 29.6 Å². The third-order valence-corrected chi connectivity index (χ3v) is 1.79. The van der Waals surface area contributed by atoms with Crippen molar-refractivity contribution in [3.8, 4) is 0 Å². The number of nitrogens with one attached hydrogen (secondary N) is 1. The van der Waals surface area contributed by atoms with Crippen LogP contribution >= 0.6 is 0 Å². The molecule has 0 aliphatic heterocycles. The van der Waals surface area contributed by atoms with Crippen molar-refractivity contribution in [1.82, 2.24) is 0 Å². The van der Waals surface area contributed by atoms with E-state index >= 15 is 0 Å². The van der Waals surface area contributed by atoms with Gasteiger partial charge in [-0.3, -0.25) is 0 Å². The van der Waals surface area contributed by atoms with Gasteiger partial charge in [0.1, 0.15) is 0 Å². The Balaban J connectivity index is 4.29. The molecule has 0 aromatic carbocycles. The average Bonchev–Trinajstić information content (AvgIpc) is 2.04. The Morgan fingerprint density at radius 1 is 1.42 bits per heavy atom. The van der Waals surface area contributed by atoms with Crippen LogP contribution in [0.1, 0.15) is 26.7 Å². The van der Waals surface area contributed by atoms with Crippen LogP contribution in [0.25, 0.3) is 0 Å². The van der Waals surface area contributed by atoms with Crippen molar-refractivity contribution in [2.75, 3.05) is 0 Å². The van der Waals surface area contributed by atoms with Gasteiger partial charge >= 0.3 is 0 Å². The van der Waals surface area contributed by atoms with Crippen molar-refractivity contribution in [3.05, 3.63) is 36.0 Å². The molecule has 0 saturated heterocycles. The molecule has 1 N–H and O–H groups in total. The summed E-state index contributed by atoms with van der Waals surface area (Å²) in [6.45, 7) is 11.9. The Bertz CT molecular complexity index is 221. The maximum atomic E-state index is 6.90. The molecule has 0 aromatic heterocycles. The Hall–Kier alpha value is -1.11. The predicted octanol–water partition coefficient (Wildman–Crippen LogP) is 3.49. The van der Waals surface area contributed by atoms with Crippen LogP contribution in [0.4, 0.5) is 0 Å². The molecule has 0 amide bonds. The van der Waals surface area contributed by atoms with Crippen molar-refractivity contribution in [2.24, 2.45) is 0 Å². The summed E-state index contributed by atoms with van der Waals surface area (Å²) in [6, 6.07) is 0. The highest BCUT2D eigenvalue weighted by molar-refractivity contribution is 5.71. The van der Waals surface area contributed by atoms with Gasteiger partial charge in [0, 0.05) is 6.21 Å². The second-order valence-corrected chi connectivity index (χ2v) is 2.85. The van der Waals surface area contributed by atoms with E-state index in [1.165, 1.54) is 6.21 Å². The predicted molar refractivity (Wildman–Crippen MR) is 55.7 cm³/mol. The Labute approximate surface area is 75.0 Å². The summed E-state index contributed by atoms with van der Waals surface area (Å²) in [5.41, 5.74) is 3.08. The van der Waals surface area contributed by atoms with Crippen molar-refractivity contribution in [2.45, 2.75) is 26.7 Å². The number of hydrogen-bond acceptors (Lipinski definition) is 1. The highest BCUT2D eigenvalue weighted by Crippen LogP contribution is 2.18. The van der Waals surface area contributed by atoms with Crippen molar-refractivity contribution in [1.29, 1.82) is 5.41 Å². The molecule has 0 radical (unpaired) electrons. The van der Waals surface area contributed by atoms with Gasteiger partial charge in [0.25, 0.3) is 0 Å². The minimum absolute atomic E-state index is 0.973. The summed E-state index contributed by atoms with van der Waals surface area (Å²) in [4.78, 5) is 0. The molecule has 0 spiro atoms. The summed E-state index contributed by atoms with van der Waals surface area (Å²) in [6.07, 6.45) is 5.10. The minimum Gasteiger partial charge on any atom is -0.309 e. The molecule has 0 fully saturated rings. The molecule has 66 valence electrons. The molecule has 0 saturated carbocycles. The van der Waals surface area contributed by atoms with Crippen LogP contribution in [-0.2, 0) is 0 Å². The number of allylic oxidation sites excluding steroid dienone is 4. The van der Waals surface area contributed by atoms with Crippen LogP contribution in [-0.4, -0.2) is 6.21 Å². The van der Waals surface area contributed by atoms with E-state index in [1.807, 2.05) is 6.92 Å². The Kier molecular flexibility index (Phi) is 5.02. The first kappa shape index (κ1) is 10.9. The highest BCUT2D eigenvalue weighted by Gasteiger charge is 1.99. The molecule has 0 aliphatic carbocycles. The lowest BCUT2D eigenvalue weighted by Crippen LogP contribution is -1.88. The van der Waals surface area contributed by atoms with Crippen molar-refractivity contribution < 1.29 is 0 Å². The van der Waals surface area contributed by atoms with Crippen LogP contribution in [0.3, 0.4) is 0 Å². The van der Waals surface area contributed by atoms with Gasteiger partial charge < -0.3 is 5.41 Å². The molecule has 1 heteroatoms. The monoisotopic (exact) mass is 163 g/mol. The molecule has 0 unspecified atom stereocenters. The van der Waals surface area contributed by atoms with Gasteiger partial charge in [0.2, 0.25) is 0 Å². The largest absolute Gasteiger partial charge is 0.309 e. The van der Waals surface area contributed by atoms with Gasteiger partial charge in [-0.1, -0.05) is 26.5 Å². The van der Waals surface area contributed by atoms with E-state index in [-0.39, 0.29) is 0 Å². The van der Waals surface area contributed by atoms with E-state index in [0.29, 0.717) is 0 Å². The van der Waals surface area contributed by atoms with Crippen LogP contribution in [0.2, 0.25) is 0 Å². The first-order valence-electron chi connectivity index (χ1n) is 4.18. The summed E-state index contributed by atoms with van der Waals surface area (Å²) in [5, 5.41) is 6.90. The third kappa shape index (κ3) is 3.33. The highest BCUT2D eigenvalue weighted by atomic mass is 14.3. The first-order valence-corrected chi connectivity index (χ1v) is 4.18. The quantitative estimate of drug-likeness (QED) is 0.474. The number of rotatable bonds is 5. The molecular formula is C11H17N. The third-order valence-electron chi connectivity index (χ3n) is 1.79. The summed E-state index contributed by atoms with van der Waals surface area (Å²) in [5.74, 6) is 0. The molecule has 0 aromatic rings. The molecule has 0 bridgehead atoms. The smallest absolute Gasteiger partial charge is 0.0180 e. The van der Waals surface area contributed by atoms with Crippen LogP contribution in [0, 0.1) is 5.41 Å². The topological polar surface area (TPSA) is 23.9 Å². The Morgan fingerprint density at radius 3 is 2.42 bits per heavy atom. The maximum Gasteiger partial charge on any atom is 0.0180 e. The lowest BCUT2D eigenvalue weighted by atomic mass is 9.98. The molecule has 0 heterocycles. The molecule has 1 nitrogen and oxygen atoms in total. The summed E-state index contributed by atoms with van der Waals surface area (Å²) < 4.78 is 0. The van der Waals surface area contributed by atoms with Crippen LogP contribution in [0.15, 0.2) is 36.0 Å². The van der Waals surface area contributed by atoms with E-state index in [9.17, 15) is 0 Å². The van der Waals surface area contributed by atoms with Gasteiger partial charge in [0.15, 0.2) is 0 Å². The fourth-order valence-electron chi connectivity index (χ4n) is 0.957. The van der Waals surface area contributed by atoms with Crippen LogP contribution in [0.5, 0.6) is 0 Å². The summed E-state index contributed by atoms with van der Waals surface area (Å²) >= 11 is 0. The van der Waals surface area contributed by atoms with E-state index in [4.69, 9.17) is 5.41 Å². The lowest BCUT2D eigenvalue weighted by Gasteiger charge is -2.07. The van der Waals surface area contributed by atoms with Crippen molar-refractivity contribution in [3.63, 3.8) is 0 Å². The maximum absolute atomic E-state index is 6.90. The van der Waals surface area contributed by atoms with Gasteiger partial charge in [0.05, 0.1) is 0 Å². The van der Waals surface area contributed by atoms with Gasteiger partial charge in [-0.2, -0.15) is 0 Å². The van der Waals surface area contributed by atoms with E-state index < -0.39 is 0 Å². The second-order valence-electron chi connectivity index (χ2n) is 2.85. The second kappa shape index (κ2) is 5.53. The SMILES string of the molecule is C=C(CCC)C(=C)/C(C)=C/C=N. The molecule has 0 rings (SSSR count). The standard InChI is InChI=1S/C11H17N/c1-5-6-9(2)11(4)10(3)7-8-12/h7-8,12H,2,4-6H2,1,3H3/b10-7+,12-8?. The zero-order valence-electron chi connectivity index (χ0n) is 7.98. The molecular weight excluding hydrogens is 146 g/mol. The molecule has 0 aliphatic rings. The fourth-order valence-corrected chi connectivity index (χ4v) is 0.957. The van der Waals surface area contributed by atoms with Gasteiger partial charge in [-0.05, 0) is 36.1 Å². The summed E-state index contributed by atoms with van der Waals surface area (Å²) in [7, 11) is 0. The van der Waals surface area contributed by atoms with Gasteiger partial charge in [-0.15, -0.1) is 0 Å². The zero-order chi connectivity index (χ0) is 9.56. The lowest BCUT2D eigenvalue weighted by molar-refractivity contribution is 0.918. The molecule has 12 heavy (non-hydrogen) atoms. The zero-order valence-corrected chi connectivity index (χ0v) is 7.98. The normalized spacial score (nSPS) is 11.0. The van der Waals surface area contributed by atoms with Crippen LogP contribution < -0.4 is 0 Å². The van der Waals surface area contributed by atoms with Crippen molar-refractivity contribution >= 4 is 6.21 Å². The first-order chi connectivity index (χ1) is 5.63. The van der Waals surface area contributed by atoms with Gasteiger partial charge in [-0.25, -0.2) is 0 Å². The molecule has 0 atom stereocenters. The van der Waals surface area contributed by atoms with E-state index in [1.54, 1.807) is 6.08 Å².